The summed E-state index contributed by atoms with van der Waals surface area (Å²) in [5, 5.41) is 8.71. The number of ether oxygens (including phenoxy) is 1. The van der Waals surface area contributed by atoms with E-state index in [-0.39, 0.29) is 6.61 Å². The minimum absolute atomic E-state index is 0.118. The van der Waals surface area contributed by atoms with Crippen LogP contribution in [0.3, 0.4) is 0 Å². The Hall–Kier alpha value is -1.34. The van der Waals surface area contributed by atoms with Gasteiger partial charge in [-0.3, -0.25) is 4.90 Å². The van der Waals surface area contributed by atoms with Crippen molar-refractivity contribution in [1.29, 1.82) is 0 Å². The van der Waals surface area contributed by atoms with Gasteiger partial charge in [-0.25, -0.2) is 0 Å². The van der Waals surface area contributed by atoms with Crippen LogP contribution in [-0.4, -0.2) is 43.4 Å². The first kappa shape index (κ1) is 15.7. The van der Waals surface area contributed by atoms with Gasteiger partial charge in [0.15, 0.2) is 0 Å². The Morgan fingerprint density at radius 1 is 1.37 bits per heavy atom. The first-order valence-corrected chi connectivity index (χ1v) is 6.70. The molecule has 0 aliphatic rings. The summed E-state index contributed by atoms with van der Waals surface area (Å²) in [7, 11) is 1.73. The van der Waals surface area contributed by atoms with Gasteiger partial charge in [0.05, 0.1) is 13.2 Å². The van der Waals surface area contributed by atoms with Gasteiger partial charge in [-0.15, -0.1) is 0 Å². The van der Waals surface area contributed by atoms with E-state index in [1.165, 1.54) is 5.56 Å². The Balaban J connectivity index is 2.63. The highest BCUT2D eigenvalue weighted by Gasteiger charge is 2.03. The van der Waals surface area contributed by atoms with Crippen molar-refractivity contribution in [3.8, 4) is 11.8 Å². The molecule has 3 nitrogen and oxygen atoms in total. The molecule has 0 atom stereocenters. The zero-order chi connectivity index (χ0) is 13.9. The third-order valence-corrected chi connectivity index (χ3v) is 2.86. The summed E-state index contributed by atoms with van der Waals surface area (Å²) >= 11 is 0. The van der Waals surface area contributed by atoms with Crippen LogP contribution in [0.1, 0.15) is 24.5 Å². The van der Waals surface area contributed by atoms with Crippen molar-refractivity contribution < 1.29 is 9.84 Å². The summed E-state index contributed by atoms with van der Waals surface area (Å²) in [6.45, 7) is 5.88. The van der Waals surface area contributed by atoms with Crippen LogP contribution in [0.2, 0.25) is 0 Å². The van der Waals surface area contributed by atoms with Crippen molar-refractivity contribution in [3.05, 3.63) is 35.4 Å². The fourth-order valence-electron chi connectivity index (χ4n) is 1.80. The lowest BCUT2D eigenvalue weighted by molar-refractivity contribution is 0.147. The normalized spacial score (nSPS) is 10.3. The highest BCUT2D eigenvalue weighted by molar-refractivity contribution is 5.37. The van der Waals surface area contributed by atoms with E-state index in [2.05, 4.69) is 35.8 Å². The minimum atomic E-state index is 0.118. The van der Waals surface area contributed by atoms with Gasteiger partial charge in [0.2, 0.25) is 0 Å². The highest BCUT2D eigenvalue weighted by atomic mass is 16.5. The van der Waals surface area contributed by atoms with Gasteiger partial charge in [0, 0.05) is 32.2 Å². The van der Waals surface area contributed by atoms with Gasteiger partial charge in [0.1, 0.15) is 0 Å². The zero-order valence-corrected chi connectivity index (χ0v) is 11.9. The van der Waals surface area contributed by atoms with Crippen molar-refractivity contribution in [2.45, 2.75) is 19.9 Å². The van der Waals surface area contributed by atoms with Crippen LogP contribution in [0.15, 0.2) is 24.3 Å². The minimum Gasteiger partial charge on any atom is -0.395 e. The van der Waals surface area contributed by atoms with Crippen LogP contribution in [-0.2, 0) is 11.3 Å². The Bertz CT molecular complexity index is 420. The van der Waals surface area contributed by atoms with Crippen molar-refractivity contribution >= 4 is 0 Å². The van der Waals surface area contributed by atoms with Gasteiger partial charge >= 0.3 is 0 Å². The molecule has 1 aromatic rings. The number of hydrogen-bond acceptors (Lipinski definition) is 3. The van der Waals surface area contributed by atoms with Crippen molar-refractivity contribution in [3.63, 3.8) is 0 Å². The Kier molecular flexibility index (Phi) is 7.92. The Morgan fingerprint density at radius 2 is 2.21 bits per heavy atom. The molecule has 0 aliphatic carbocycles. The second kappa shape index (κ2) is 9.57. The third-order valence-electron chi connectivity index (χ3n) is 2.86. The van der Waals surface area contributed by atoms with Crippen molar-refractivity contribution in [1.82, 2.24) is 4.90 Å². The molecule has 0 fully saturated rings. The molecule has 1 rings (SSSR count). The molecule has 1 N–H and O–H groups in total. The monoisotopic (exact) mass is 261 g/mol. The molecule has 0 radical (unpaired) electrons. The predicted octanol–water partition coefficient (Wildman–Crippen LogP) is 1.89. The van der Waals surface area contributed by atoms with Crippen molar-refractivity contribution in [2.24, 2.45) is 0 Å². The second-order valence-corrected chi connectivity index (χ2v) is 4.34. The van der Waals surface area contributed by atoms with Crippen LogP contribution in [0.4, 0.5) is 0 Å². The molecule has 0 unspecified atom stereocenters. The molecule has 0 saturated heterocycles. The zero-order valence-electron chi connectivity index (χ0n) is 11.9. The summed E-state index contributed by atoms with van der Waals surface area (Å²) < 4.78 is 5.11. The first-order valence-electron chi connectivity index (χ1n) is 6.70. The second-order valence-electron chi connectivity index (χ2n) is 4.34. The van der Waals surface area contributed by atoms with Gasteiger partial charge < -0.3 is 9.84 Å². The predicted molar refractivity (Wildman–Crippen MR) is 77.8 cm³/mol. The third kappa shape index (κ3) is 6.40. The summed E-state index contributed by atoms with van der Waals surface area (Å²) in [6.07, 6.45) is 0.527. The summed E-state index contributed by atoms with van der Waals surface area (Å²) in [5.41, 5.74) is 2.27. The van der Waals surface area contributed by atoms with Crippen molar-refractivity contribution in [2.75, 3.05) is 33.4 Å². The largest absolute Gasteiger partial charge is 0.395 e. The number of methoxy groups -OCH3 is 1. The maximum absolute atomic E-state index is 8.71. The summed E-state index contributed by atoms with van der Waals surface area (Å²) in [5.74, 6) is 6.01. The molecule has 0 aliphatic heterocycles. The first-order chi connectivity index (χ1) is 9.30. The number of likely N-dealkylation sites (N-methyl/N-ethyl adjacent to an activating group) is 1. The average Bonchev–Trinajstić information content (AvgIpc) is 2.44. The Labute approximate surface area is 116 Å². The lowest BCUT2D eigenvalue weighted by atomic mass is 10.1. The van der Waals surface area contributed by atoms with Gasteiger partial charge in [-0.05, 0) is 24.2 Å². The summed E-state index contributed by atoms with van der Waals surface area (Å²) in [6, 6.07) is 8.26. The van der Waals surface area contributed by atoms with Crippen LogP contribution >= 0.6 is 0 Å². The van der Waals surface area contributed by atoms with Gasteiger partial charge in [-0.2, -0.15) is 0 Å². The van der Waals surface area contributed by atoms with E-state index >= 15 is 0 Å². The van der Waals surface area contributed by atoms with Crippen LogP contribution in [0.25, 0.3) is 0 Å². The molecular formula is C16H23NO2. The maximum atomic E-state index is 8.71. The SMILES string of the molecule is CCN(CCOC)Cc1cccc(C#CCCO)c1. The fraction of sp³-hybridized carbons (Fsp3) is 0.500. The van der Waals surface area contributed by atoms with E-state index in [9.17, 15) is 0 Å². The van der Waals surface area contributed by atoms with Crippen LogP contribution < -0.4 is 0 Å². The quantitative estimate of drug-likeness (QED) is 0.761. The molecule has 0 amide bonds. The molecule has 0 saturated carbocycles. The number of aliphatic hydroxyl groups is 1. The molecule has 3 heteroatoms. The van der Waals surface area contributed by atoms with E-state index in [1.807, 2.05) is 12.1 Å². The molecule has 104 valence electrons. The molecule has 0 bridgehead atoms. The van der Waals surface area contributed by atoms with E-state index < -0.39 is 0 Å². The topological polar surface area (TPSA) is 32.7 Å². The number of aliphatic hydroxyl groups excluding tert-OH is 1. The number of hydrogen-bond donors (Lipinski definition) is 1. The molecule has 0 heterocycles. The molecule has 0 spiro atoms. The smallest absolute Gasteiger partial charge is 0.0589 e. The molecule has 1 aromatic carbocycles. The number of benzene rings is 1. The van der Waals surface area contributed by atoms with E-state index in [1.54, 1.807) is 7.11 Å². The average molecular weight is 261 g/mol. The lowest BCUT2D eigenvalue weighted by Gasteiger charge is -2.19. The standard InChI is InChI=1S/C16H23NO2/c1-3-17(10-12-19-2)14-16-9-6-8-15(13-16)7-4-5-11-18/h6,8-9,13,18H,3,5,10-12,14H2,1-2H3. The molecular weight excluding hydrogens is 238 g/mol. The number of rotatable bonds is 7. The fourth-order valence-corrected chi connectivity index (χ4v) is 1.80. The highest BCUT2D eigenvalue weighted by Crippen LogP contribution is 2.07. The van der Waals surface area contributed by atoms with E-state index in [0.717, 1.165) is 31.8 Å². The number of nitrogens with zero attached hydrogens (tertiary/aromatic N) is 1. The molecule has 0 aromatic heterocycles. The van der Waals surface area contributed by atoms with Crippen LogP contribution in [0, 0.1) is 11.8 Å². The maximum Gasteiger partial charge on any atom is 0.0589 e. The van der Waals surface area contributed by atoms with Crippen LogP contribution in [0.5, 0.6) is 0 Å². The van der Waals surface area contributed by atoms with Gasteiger partial charge in [-0.1, -0.05) is 30.9 Å². The van der Waals surface area contributed by atoms with E-state index in [4.69, 9.17) is 9.84 Å². The van der Waals surface area contributed by atoms with Gasteiger partial charge in [0.25, 0.3) is 0 Å². The Morgan fingerprint density at radius 3 is 2.89 bits per heavy atom. The molecule has 19 heavy (non-hydrogen) atoms. The lowest BCUT2D eigenvalue weighted by Crippen LogP contribution is -2.26. The van der Waals surface area contributed by atoms with E-state index in [0.29, 0.717) is 6.42 Å². The summed E-state index contributed by atoms with van der Waals surface area (Å²) in [4.78, 5) is 2.34.